The number of hydrogen-bond donors (Lipinski definition) is 4. The lowest BCUT2D eigenvalue weighted by atomic mass is 9.84. The minimum absolute atomic E-state index is 0.0114. The van der Waals surface area contributed by atoms with Crippen LogP contribution in [0.4, 0.5) is 23.7 Å². The lowest BCUT2D eigenvalue weighted by Gasteiger charge is -2.38. The number of aliphatic hydroxyl groups excluding tert-OH is 1. The van der Waals surface area contributed by atoms with E-state index >= 15 is 0 Å². The van der Waals surface area contributed by atoms with Gasteiger partial charge in [-0.15, -0.1) is 0 Å². The summed E-state index contributed by atoms with van der Waals surface area (Å²) in [5.74, 6) is -1.65. The van der Waals surface area contributed by atoms with E-state index < -0.39 is 60.4 Å². The predicted octanol–water partition coefficient (Wildman–Crippen LogP) is 6.00. The van der Waals surface area contributed by atoms with Gasteiger partial charge in [0.2, 0.25) is 0 Å². The number of fused-ring (bicyclic) bond motifs is 1. The third kappa shape index (κ3) is 10.7. The molecule has 2 saturated heterocycles. The number of rotatable bonds is 15. The van der Waals surface area contributed by atoms with E-state index in [4.69, 9.17) is 14.2 Å². The number of methoxy groups -OCH3 is 1. The number of morpholine rings is 1. The maximum Gasteiger partial charge on any atom is 0.408 e. The summed E-state index contributed by atoms with van der Waals surface area (Å²) < 4.78 is 61.8. The van der Waals surface area contributed by atoms with Crippen LogP contribution in [0.15, 0.2) is 66.9 Å². The molecule has 2 aliphatic heterocycles. The summed E-state index contributed by atoms with van der Waals surface area (Å²) in [6.45, 7) is 5.13. The number of alkyl halides is 3. The number of ether oxygens (including phenoxy) is 3. The van der Waals surface area contributed by atoms with Crippen LogP contribution in [0.5, 0.6) is 0 Å². The first-order valence-corrected chi connectivity index (χ1v) is 20.0. The molecule has 4 atom stereocenters. The molecule has 324 valence electrons. The molecule has 17 heteroatoms. The molecule has 2 unspecified atom stereocenters. The van der Waals surface area contributed by atoms with Gasteiger partial charge in [-0.1, -0.05) is 44.2 Å². The van der Waals surface area contributed by atoms with Crippen LogP contribution in [0.3, 0.4) is 0 Å². The number of carboxylic acids is 1. The second-order valence-corrected chi connectivity index (χ2v) is 16.1. The third-order valence-corrected chi connectivity index (χ3v) is 11.0. The number of benzene rings is 2. The van der Waals surface area contributed by atoms with Crippen LogP contribution in [0.1, 0.15) is 63.0 Å². The fourth-order valence-electron chi connectivity index (χ4n) is 7.83. The van der Waals surface area contributed by atoms with Crippen molar-refractivity contribution in [1.29, 1.82) is 0 Å². The number of carboxylic acid groups (broad SMARTS) is 1. The van der Waals surface area contributed by atoms with Crippen LogP contribution in [0, 0.1) is 5.41 Å². The molecule has 2 amide bonds. The van der Waals surface area contributed by atoms with Crippen LogP contribution in [0.2, 0.25) is 0 Å². The lowest BCUT2D eigenvalue weighted by molar-refractivity contribution is -0.148. The second-order valence-electron chi connectivity index (χ2n) is 16.1. The van der Waals surface area contributed by atoms with E-state index in [0.717, 1.165) is 5.56 Å². The number of anilines is 1. The van der Waals surface area contributed by atoms with E-state index in [1.54, 1.807) is 61.7 Å². The molecule has 2 aromatic carbocycles. The number of amides is 2. The largest absolute Gasteiger partial charge is 0.480 e. The van der Waals surface area contributed by atoms with Gasteiger partial charge < -0.3 is 39.2 Å². The lowest BCUT2D eigenvalue weighted by Crippen LogP contribution is -2.60. The minimum atomic E-state index is -4.57. The van der Waals surface area contributed by atoms with Crippen molar-refractivity contribution >= 4 is 34.6 Å². The smallest absolute Gasteiger partial charge is 0.408 e. The molecule has 60 heavy (non-hydrogen) atoms. The maximum atomic E-state index is 14.4. The van der Waals surface area contributed by atoms with Crippen LogP contribution < -0.4 is 15.6 Å². The van der Waals surface area contributed by atoms with Crippen molar-refractivity contribution in [2.45, 2.75) is 90.1 Å². The maximum absolute atomic E-state index is 14.4. The molecule has 6 rings (SSSR count). The first kappa shape index (κ1) is 44.3. The molecule has 4 N–H and O–H groups in total. The summed E-state index contributed by atoms with van der Waals surface area (Å²) in [6, 6.07) is 15.6. The number of nitrogens with one attached hydrogen (secondary N) is 2. The van der Waals surface area contributed by atoms with E-state index in [-0.39, 0.29) is 45.8 Å². The average Bonchev–Trinajstić information content (AvgIpc) is 3.52. The van der Waals surface area contributed by atoms with Crippen LogP contribution in [-0.4, -0.2) is 107 Å². The molecule has 0 aliphatic carbocycles. The zero-order valence-electron chi connectivity index (χ0n) is 34.2. The average molecular weight is 839 g/mol. The minimum Gasteiger partial charge on any atom is -0.480 e. The van der Waals surface area contributed by atoms with E-state index in [2.05, 4.69) is 15.7 Å². The van der Waals surface area contributed by atoms with Gasteiger partial charge in [0.25, 0.3) is 5.91 Å². The van der Waals surface area contributed by atoms with E-state index in [1.807, 2.05) is 30.9 Å². The van der Waals surface area contributed by atoms with Crippen LogP contribution in [-0.2, 0) is 43.4 Å². The molecule has 2 aliphatic rings. The molecule has 0 radical (unpaired) electrons. The van der Waals surface area contributed by atoms with Gasteiger partial charge in [0.05, 0.1) is 30.2 Å². The van der Waals surface area contributed by atoms with Gasteiger partial charge in [-0.2, -0.15) is 13.2 Å². The molecular formula is C43H53F3N6O8. The van der Waals surface area contributed by atoms with Gasteiger partial charge >= 0.3 is 18.2 Å². The third-order valence-electron chi connectivity index (χ3n) is 11.0. The van der Waals surface area contributed by atoms with E-state index in [0.29, 0.717) is 58.5 Å². The van der Waals surface area contributed by atoms with Gasteiger partial charge in [-0.3, -0.25) is 19.6 Å². The Labute approximate surface area is 346 Å². The Morgan fingerprint density at radius 1 is 1.08 bits per heavy atom. The molecule has 2 fully saturated rings. The summed E-state index contributed by atoms with van der Waals surface area (Å²) in [5.41, 5.74) is 5.80. The highest BCUT2D eigenvalue weighted by atomic mass is 19.4. The van der Waals surface area contributed by atoms with Gasteiger partial charge in [0.1, 0.15) is 25.2 Å². The fraction of sp³-hybridized carbons (Fsp3) is 0.488. The summed E-state index contributed by atoms with van der Waals surface area (Å²) >= 11 is 0. The number of pyridine rings is 1. The Bertz CT molecular complexity index is 2130. The summed E-state index contributed by atoms with van der Waals surface area (Å²) in [4.78, 5) is 45.4. The standard InChI is InChI=1S/C43H53F3N6O8/c1-27(58-4)37-31(12-8-16-47-37)38-33(22-42(2,3)26-53)32-20-29(14-15-36(32)51(38)25-43(44,45)46)50-18-19-59-30(23-50)21-35(39(54)52-17-9-13-34(49-52)40(55)56)48-41(57)60-24-28-10-6-5-7-11-28/h5-8,10-12,14-16,20,27,30,34-35,49,53H,9,13,17-19,21-26H2,1-4H3,(H,48,57)(H,55,56)/t27?,30-,34-,35?/m0/s1. The van der Waals surface area contributed by atoms with E-state index in [9.17, 15) is 37.8 Å². The summed E-state index contributed by atoms with van der Waals surface area (Å²) in [5, 5.41) is 24.5. The monoisotopic (exact) mass is 838 g/mol. The zero-order valence-corrected chi connectivity index (χ0v) is 34.2. The number of hydrazine groups is 1. The Morgan fingerprint density at radius 2 is 1.85 bits per heavy atom. The SMILES string of the molecule is COC(C)c1ncccc1-c1c(CC(C)(C)CO)c2cc(N3CCO[C@@H](CC(NC(=O)OCc4ccccc4)C(=O)N4CCC[C@@H](C(=O)O)N4)C3)ccc2n1CC(F)(F)F. The Morgan fingerprint density at radius 3 is 2.55 bits per heavy atom. The molecule has 4 aromatic rings. The Balaban J connectivity index is 1.33. The van der Waals surface area contributed by atoms with Crippen molar-refractivity contribution in [3.05, 3.63) is 83.7 Å². The number of aliphatic hydroxyl groups is 1. The fourth-order valence-corrected chi connectivity index (χ4v) is 7.83. The number of aliphatic carboxylic acids is 1. The highest BCUT2D eigenvalue weighted by Crippen LogP contribution is 2.42. The second kappa shape index (κ2) is 19.0. The Kier molecular flexibility index (Phi) is 14.0. The zero-order chi connectivity index (χ0) is 43.2. The molecule has 2 aromatic heterocycles. The number of alkyl carbamates (subject to hydrolysis) is 1. The molecule has 4 heterocycles. The van der Waals surface area contributed by atoms with Gasteiger partial charge in [0.15, 0.2) is 0 Å². The molecule has 0 bridgehead atoms. The van der Waals surface area contributed by atoms with Crippen LogP contribution >= 0.6 is 0 Å². The van der Waals surface area contributed by atoms with Crippen molar-refractivity contribution in [3.63, 3.8) is 0 Å². The Hall–Kier alpha value is -5.23. The van der Waals surface area contributed by atoms with Gasteiger partial charge in [0, 0.05) is 68.1 Å². The number of carbonyl (C=O) groups is 3. The number of aromatic nitrogens is 2. The first-order chi connectivity index (χ1) is 28.6. The van der Waals surface area contributed by atoms with Crippen molar-refractivity contribution < 1.29 is 52.0 Å². The summed E-state index contributed by atoms with van der Waals surface area (Å²) in [6.07, 6.45) is -3.94. The van der Waals surface area contributed by atoms with E-state index in [1.165, 1.54) is 16.7 Å². The highest BCUT2D eigenvalue weighted by molar-refractivity contribution is 5.95. The number of carbonyl (C=O) groups excluding carboxylic acids is 2. The number of halogens is 3. The molecular weight excluding hydrogens is 786 g/mol. The predicted molar refractivity (Wildman–Crippen MR) is 217 cm³/mol. The van der Waals surface area contributed by atoms with Gasteiger partial charge in [-0.25, -0.2) is 10.2 Å². The van der Waals surface area contributed by atoms with Crippen molar-refractivity contribution in [2.75, 3.05) is 44.9 Å². The quantitative estimate of drug-likeness (QED) is 0.111. The van der Waals surface area contributed by atoms with Crippen molar-refractivity contribution in [1.82, 2.24) is 25.3 Å². The molecule has 0 spiro atoms. The summed E-state index contributed by atoms with van der Waals surface area (Å²) in [7, 11) is 1.51. The molecule has 14 nitrogen and oxygen atoms in total. The van der Waals surface area contributed by atoms with Crippen LogP contribution in [0.25, 0.3) is 22.2 Å². The number of hydrogen-bond acceptors (Lipinski definition) is 10. The topological polar surface area (TPSA) is 168 Å². The van der Waals surface area contributed by atoms with Gasteiger partial charge in [-0.05, 0) is 73.1 Å². The van der Waals surface area contributed by atoms with Crippen molar-refractivity contribution in [2.24, 2.45) is 5.41 Å². The van der Waals surface area contributed by atoms with Crippen molar-refractivity contribution in [3.8, 4) is 11.3 Å². The normalized spacial score (nSPS) is 18.6. The number of nitrogens with zero attached hydrogens (tertiary/aromatic N) is 4. The molecule has 0 saturated carbocycles. The first-order valence-electron chi connectivity index (χ1n) is 20.0. The highest BCUT2D eigenvalue weighted by Gasteiger charge is 2.37.